The van der Waals surface area contributed by atoms with Crippen LogP contribution >= 0.6 is 0 Å². The van der Waals surface area contributed by atoms with Crippen LogP contribution in [0.2, 0.25) is 0 Å². The molecule has 0 aliphatic heterocycles. The largest absolute Gasteiger partial charge is 0.493 e. The van der Waals surface area contributed by atoms with Gasteiger partial charge in [0.15, 0.2) is 18.2 Å². The fraction of sp³-hybridized carbons (Fsp3) is 0.500. The van der Waals surface area contributed by atoms with Gasteiger partial charge in [-0.2, -0.15) is 0 Å². The number of urea groups is 1. The molecule has 1 aliphatic rings. The second-order valence-electron chi connectivity index (χ2n) is 4.57. The fourth-order valence-electron chi connectivity index (χ4n) is 2.22. The molecule has 2 amide bonds. The highest BCUT2D eigenvalue weighted by atomic mass is 16.5. The Hall–Kier alpha value is -1.91. The molecule has 0 atom stereocenters. The Morgan fingerprint density at radius 3 is 2.63 bits per heavy atom. The summed E-state index contributed by atoms with van der Waals surface area (Å²) in [4.78, 5) is 11.6. The van der Waals surface area contributed by atoms with E-state index in [-0.39, 0.29) is 12.8 Å². The van der Waals surface area contributed by atoms with E-state index in [0.717, 1.165) is 12.8 Å². The quantitative estimate of drug-likeness (QED) is 0.802. The van der Waals surface area contributed by atoms with Crippen molar-refractivity contribution in [1.29, 1.82) is 0 Å². The Balaban J connectivity index is 1.72. The molecule has 0 aromatic heterocycles. The van der Waals surface area contributed by atoms with Crippen molar-refractivity contribution >= 4 is 6.03 Å². The van der Waals surface area contributed by atoms with Gasteiger partial charge in [0.05, 0.1) is 7.11 Å². The summed E-state index contributed by atoms with van der Waals surface area (Å²) in [6, 6.07) is 7.47. The van der Waals surface area contributed by atoms with Crippen molar-refractivity contribution < 1.29 is 14.3 Å². The van der Waals surface area contributed by atoms with Crippen LogP contribution in [-0.2, 0) is 0 Å². The standard InChI is InChI=1S/C14H20N2O3/c1-18-12-8-4-5-9-13(12)19-10-15-14(17)16-11-6-2-3-7-11/h4-5,8-9,11H,2-3,6-7,10H2,1H3,(H2,15,16,17). The molecule has 1 fully saturated rings. The van der Waals surface area contributed by atoms with E-state index >= 15 is 0 Å². The van der Waals surface area contributed by atoms with E-state index in [0.29, 0.717) is 17.5 Å². The molecule has 0 radical (unpaired) electrons. The zero-order chi connectivity index (χ0) is 13.5. The Bertz CT molecular complexity index is 417. The van der Waals surface area contributed by atoms with Crippen LogP contribution in [0.3, 0.4) is 0 Å². The lowest BCUT2D eigenvalue weighted by Crippen LogP contribution is -2.42. The molecule has 0 saturated heterocycles. The number of ether oxygens (including phenoxy) is 2. The zero-order valence-electron chi connectivity index (χ0n) is 11.1. The second kappa shape index (κ2) is 6.87. The van der Waals surface area contributed by atoms with Gasteiger partial charge >= 0.3 is 6.03 Å². The van der Waals surface area contributed by atoms with Crippen molar-refractivity contribution in [3.63, 3.8) is 0 Å². The molecule has 2 N–H and O–H groups in total. The lowest BCUT2D eigenvalue weighted by molar-refractivity contribution is 0.218. The maximum absolute atomic E-state index is 11.6. The second-order valence-corrected chi connectivity index (χ2v) is 4.57. The van der Waals surface area contributed by atoms with Crippen molar-refractivity contribution in [3.8, 4) is 11.5 Å². The van der Waals surface area contributed by atoms with Crippen LogP contribution < -0.4 is 20.1 Å². The van der Waals surface area contributed by atoms with E-state index in [1.54, 1.807) is 13.2 Å². The van der Waals surface area contributed by atoms with Gasteiger partial charge < -0.3 is 20.1 Å². The minimum atomic E-state index is -0.179. The number of hydrogen-bond acceptors (Lipinski definition) is 3. The highest BCUT2D eigenvalue weighted by molar-refractivity contribution is 5.74. The normalized spacial score (nSPS) is 15.0. The number of benzene rings is 1. The number of hydrogen-bond donors (Lipinski definition) is 2. The number of rotatable bonds is 5. The summed E-state index contributed by atoms with van der Waals surface area (Å²) in [6.07, 6.45) is 4.53. The molecule has 1 aromatic carbocycles. The summed E-state index contributed by atoms with van der Waals surface area (Å²) in [5.74, 6) is 1.27. The molecule has 0 unspecified atom stereocenters. The molecular formula is C14H20N2O3. The van der Waals surface area contributed by atoms with E-state index in [2.05, 4.69) is 10.6 Å². The van der Waals surface area contributed by atoms with Crippen molar-refractivity contribution in [2.24, 2.45) is 0 Å². The predicted molar refractivity (Wildman–Crippen MR) is 72.4 cm³/mol. The van der Waals surface area contributed by atoms with Gasteiger partial charge in [-0.15, -0.1) is 0 Å². The van der Waals surface area contributed by atoms with Crippen LogP contribution in [0.15, 0.2) is 24.3 Å². The molecule has 104 valence electrons. The van der Waals surface area contributed by atoms with Gasteiger partial charge in [0.1, 0.15) is 0 Å². The molecule has 1 aliphatic carbocycles. The summed E-state index contributed by atoms with van der Waals surface area (Å²) in [5.41, 5.74) is 0. The average Bonchev–Trinajstić information content (AvgIpc) is 2.92. The Morgan fingerprint density at radius 2 is 1.95 bits per heavy atom. The first-order chi connectivity index (χ1) is 9.29. The minimum Gasteiger partial charge on any atom is -0.493 e. The Kier molecular flexibility index (Phi) is 4.89. The molecule has 5 nitrogen and oxygen atoms in total. The lowest BCUT2D eigenvalue weighted by Gasteiger charge is -2.14. The number of methoxy groups -OCH3 is 1. The monoisotopic (exact) mass is 264 g/mol. The van der Waals surface area contributed by atoms with Crippen molar-refractivity contribution in [2.45, 2.75) is 31.7 Å². The molecule has 19 heavy (non-hydrogen) atoms. The predicted octanol–water partition coefficient (Wildman–Crippen LogP) is 2.27. The van der Waals surface area contributed by atoms with Crippen LogP contribution in [0, 0.1) is 0 Å². The topological polar surface area (TPSA) is 59.6 Å². The molecule has 1 saturated carbocycles. The van der Waals surface area contributed by atoms with Gasteiger partial charge in [0.25, 0.3) is 0 Å². The van der Waals surface area contributed by atoms with Crippen molar-refractivity contribution in [2.75, 3.05) is 13.8 Å². The number of carbonyl (C=O) groups excluding carboxylic acids is 1. The van der Waals surface area contributed by atoms with E-state index in [4.69, 9.17) is 9.47 Å². The zero-order valence-corrected chi connectivity index (χ0v) is 11.1. The highest BCUT2D eigenvalue weighted by Crippen LogP contribution is 2.25. The van der Waals surface area contributed by atoms with E-state index in [9.17, 15) is 4.79 Å². The molecule has 0 heterocycles. The Labute approximate surface area is 113 Å². The fourth-order valence-corrected chi connectivity index (χ4v) is 2.22. The van der Waals surface area contributed by atoms with Crippen LogP contribution in [0.5, 0.6) is 11.5 Å². The number of carbonyl (C=O) groups is 1. The van der Waals surface area contributed by atoms with Gasteiger partial charge in [0, 0.05) is 6.04 Å². The van der Waals surface area contributed by atoms with Gasteiger partial charge in [-0.1, -0.05) is 25.0 Å². The maximum Gasteiger partial charge on any atom is 0.317 e. The van der Waals surface area contributed by atoms with Crippen molar-refractivity contribution in [1.82, 2.24) is 10.6 Å². The van der Waals surface area contributed by atoms with Gasteiger partial charge in [-0.05, 0) is 25.0 Å². The minimum absolute atomic E-state index is 0.124. The SMILES string of the molecule is COc1ccccc1OCNC(=O)NC1CCCC1. The lowest BCUT2D eigenvalue weighted by atomic mass is 10.3. The first-order valence-electron chi connectivity index (χ1n) is 6.60. The summed E-state index contributed by atoms with van der Waals surface area (Å²) in [5, 5.41) is 5.61. The number of amides is 2. The molecule has 2 rings (SSSR count). The summed E-state index contributed by atoms with van der Waals surface area (Å²) in [6.45, 7) is 0.124. The smallest absolute Gasteiger partial charge is 0.317 e. The van der Waals surface area contributed by atoms with E-state index in [1.807, 2.05) is 18.2 Å². The number of nitrogens with one attached hydrogen (secondary N) is 2. The van der Waals surface area contributed by atoms with Gasteiger partial charge in [-0.3, -0.25) is 0 Å². The van der Waals surface area contributed by atoms with Crippen molar-refractivity contribution in [3.05, 3.63) is 24.3 Å². The first kappa shape index (κ1) is 13.5. The summed E-state index contributed by atoms with van der Waals surface area (Å²) >= 11 is 0. The maximum atomic E-state index is 11.6. The van der Waals surface area contributed by atoms with Gasteiger partial charge in [0.2, 0.25) is 0 Å². The highest BCUT2D eigenvalue weighted by Gasteiger charge is 2.16. The third-order valence-electron chi connectivity index (χ3n) is 3.22. The summed E-state index contributed by atoms with van der Waals surface area (Å²) in [7, 11) is 1.59. The van der Waals surface area contributed by atoms with Crippen LogP contribution in [0.4, 0.5) is 4.79 Å². The average molecular weight is 264 g/mol. The van der Waals surface area contributed by atoms with Crippen LogP contribution in [0.1, 0.15) is 25.7 Å². The molecule has 5 heteroatoms. The third-order valence-corrected chi connectivity index (χ3v) is 3.22. The van der Waals surface area contributed by atoms with E-state index in [1.165, 1.54) is 12.8 Å². The van der Waals surface area contributed by atoms with Crippen LogP contribution in [0.25, 0.3) is 0 Å². The summed E-state index contributed by atoms with van der Waals surface area (Å²) < 4.78 is 10.6. The third kappa shape index (κ3) is 4.05. The molecular weight excluding hydrogens is 244 g/mol. The molecule has 0 bridgehead atoms. The first-order valence-corrected chi connectivity index (χ1v) is 6.60. The molecule has 1 aromatic rings. The Morgan fingerprint density at radius 1 is 1.26 bits per heavy atom. The number of para-hydroxylation sites is 2. The van der Waals surface area contributed by atoms with Crippen LogP contribution in [-0.4, -0.2) is 25.9 Å². The van der Waals surface area contributed by atoms with Gasteiger partial charge in [-0.25, -0.2) is 4.79 Å². The van der Waals surface area contributed by atoms with E-state index < -0.39 is 0 Å². The molecule has 0 spiro atoms.